The van der Waals surface area contributed by atoms with Gasteiger partial charge in [-0.2, -0.15) is 13.2 Å². The van der Waals surface area contributed by atoms with Crippen molar-refractivity contribution in [2.45, 2.75) is 37.4 Å². The number of alkyl halides is 3. The fraction of sp³-hybridized carbons (Fsp3) is 0.500. The van der Waals surface area contributed by atoms with Crippen LogP contribution in [0.5, 0.6) is 5.75 Å². The van der Waals surface area contributed by atoms with Crippen LogP contribution in [0.4, 0.5) is 13.2 Å². The van der Waals surface area contributed by atoms with Crippen molar-refractivity contribution in [3.63, 3.8) is 0 Å². The predicted molar refractivity (Wildman–Crippen MR) is 57.7 cm³/mol. The van der Waals surface area contributed by atoms with Gasteiger partial charge in [-0.05, 0) is 31.9 Å². The van der Waals surface area contributed by atoms with Gasteiger partial charge in [-0.25, -0.2) is 0 Å². The van der Waals surface area contributed by atoms with E-state index < -0.39 is 11.7 Å². The fourth-order valence-electron chi connectivity index (χ4n) is 2.23. The molecule has 1 aliphatic rings. The third-order valence-electron chi connectivity index (χ3n) is 3.52. The lowest BCUT2D eigenvalue weighted by Crippen LogP contribution is -2.31. The summed E-state index contributed by atoms with van der Waals surface area (Å²) < 4.78 is 37.3. The molecule has 0 aliphatic heterocycles. The number of hydrogen-bond acceptors (Lipinski definition) is 2. The monoisotopic (exact) mass is 245 g/mol. The van der Waals surface area contributed by atoms with Gasteiger partial charge in [0, 0.05) is 17.0 Å². The quantitative estimate of drug-likeness (QED) is 0.841. The summed E-state index contributed by atoms with van der Waals surface area (Å²) in [4.78, 5) is 0. The maximum absolute atomic E-state index is 12.4. The Hall–Kier alpha value is -1.23. The van der Waals surface area contributed by atoms with Crippen LogP contribution in [0, 0.1) is 0 Å². The number of phenolic OH excluding ortho intramolecular Hbond substituents is 1. The van der Waals surface area contributed by atoms with Crippen LogP contribution < -0.4 is 5.73 Å². The van der Waals surface area contributed by atoms with Crippen LogP contribution >= 0.6 is 0 Å². The van der Waals surface area contributed by atoms with Gasteiger partial charge >= 0.3 is 6.18 Å². The van der Waals surface area contributed by atoms with Gasteiger partial charge in [-0.3, -0.25) is 0 Å². The lowest BCUT2D eigenvalue weighted by Gasteiger charge is -2.21. The van der Waals surface area contributed by atoms with Gasteiger partial charge in [0.25, 0.3) is 0 Å². The average molecular weight is 245 g/mol. The summed E-state index contributed by atoms with van der Waals surface area (Å²) in [6.45, 7) is 1.81. The molecule has 1 aromatic rings. The average Bonchev–Trinajstić information content (AvgIpc) is 2.96. The fourth-order valence-corrected chi connectivity index (χ4v) is 2.23. The van der Waals surface area contributed by atoms with Gasteiger partial charge in [0.05, 0.1) is 5.56 Å². The molecule has 94 valence electrons. The second-order valence-electron chi connectivity index (χ2n) is 4.67. The molecular formula is C12H14F3NO. The zero-order valence-electron chi connectivity index (χ0n) is 9.38. The first-order valence-corrected chi connectivity index (χ1v) is 5.44. The first-order chi connectivity index (χ1) is 7.77. The van der Waals surface area contributed by atoms with Crippen molar-refractivity contribution in [1.82, 2.24) is 0 Å². The third-order valence-corrected chi connectivity index (χ3v) is 3.52. The van der Waals surface area contributed by atoms with E-state index in [0.29, 0.717) is 5.56 Å². The first kappa shape index (κ1) is 12.2. The Morgan fingerprint density at radius 2 is 1.94 bits per heavy atom. The normalized spacial score (nSPS) is 20.1. The third kappa shape index (κ3) is 1.99. The Balaban J connectivity index is 2.40. The van der Waals surface area contributed by atoms with E-state index in [1.54, 1.807) is 0 Å². The Morgan fingerprint density at radius 3 is 2.29 bits per heavy atom. The summed E-state index contributed by atoms with van der Waals surface area (Å²) in [7, 11) is 0. The minimum absolute atomic E-state index is 0.176. The van der Waals surface area contributed by atoms with Crippen molar-refractivity contribution >= 4 is 0 Å². The van der Waals surface area contributed by atoms with Crippen LogP contribution in [0.15, 0.2) is 18.2 Å². The summed E-state index contributed by atoms with van der Waals surface area (Å²) in [5.41, 5.74) is 5.18. The Labute approximate surface area is 97.2 Å². The molecule has 0 bridgehead atoms. The molecule has 1 atom stereocenters. The second kappa shape index (κ2) is 3.63. The highest BCUT2D eigenvalue weighted by Crippen LogP contribution is 2.53. The molecule has 5 heteroatoms. The van der Waals surface area contributed by atoms with Crippen LogP contribution in [0.3, 0.4) is 0 Å². The number of benzene rings is 1. The Kier molecular flexibility index (Phi) is 2.61. The molecule has 1 aromatic carbocycles. The van der Waals surface area contributed by atoms with Gasteiger partial charge < -0.3 is 10.8 Å². The van der Waals surface area contributed by atoms with Crippen LogP contribution in [-0.4, -0.2) is 11.1 Å². The van der Waals surface area contributed by atoms with Gasteiger partial charge in [0.1, 0.15) is 5.75 Å². The van der Waals surface area contributed by atoms with E-state index >= 15 is 0 Å². The summed E-state index contributed by atoms with van der Waals surface area (Å²) in [5, 5.41) is 9.72. The molecule has 1 fully saturated rings. The van der Waals surface area contributed by atoms with Gasteiger partial charge in [-0.15, -0.1) is 0 Å². The van der Waals surface area contributed by atoms with E-state index in [9.17, 15) is 18.3 Å². The van der Waals surface area contributed by atoms with Crippen molar-refractivity contribution < 1.29 is 18.3 Å². The van der Waals surface area contributed by atoms with Crippen molar-refractivity contribution in [3.05, 3.63) is 29.3 Å². The maximum Gasteiger partial charge on any atom is 0.416 e. The number of halogens is 3. The Bertz CT molecular complexity index is 436. The molecule has 1 unspecified atom stereocenters. The summed E-state index contributed by atoms with van der Waals surface area (Å²) in [6.07, 6.45) is -2.81. The topological polar surface area (TPSA) is 46.2 Å². The van der Waals surface area contributed by atoms with Gasteiger partial charge in [0.2, 0.25) is 0 Å². The van der Waals surface area contributed by atoms with E-state index in [4.69, 9.17) is 5.73 Å². The molecule has 2 rings (SSSR count). The van der Waals surface area contributed by atoms with E-state index in [1.807, 2.05) is 6.92 Å². The van der Waals surface area contributed by atoms with E-state index in [0.717, 1.165) is 25.0 Å². The van der Waals surface area contributed by atoms with Crippen LogP contribution in [0.1, 0.15) is 30.9 Å². The summed E-state index contributed by atoms with van der Waals surface area (Å²) >= 11 is 0. The highest BCUT2D eigenvalue weighted by atomic mass is 19.4. The van der Waals surface area contributed by atoms with Crippen LogP contribution in [0.25, 0.3) is 0 Å². The molecule has 1 saturated carbocycles. The SMILES string of the molecule is CC(N)C1(c2ccc(C(F)(F)F)cc2O)CC1. The summed E-state index contributed by atoms with van der Waals surface area (Å²) in [5.74, 6) is -0.311. The number of phenols is 1. The zero-order valence-corrected chi connectivity index (χ0v) is 9.38. The molecule has 17 heavy (non-hydrogen) atoms. The maximum atomic E-state index is 12.4. The molecule has 2 nitrogen and oxygen atoms in total. The molecule has 0 heterocycles. The molecule has 3 N–H and O–H groups in total. The standard InChI is InChI=1S/C12H14F3NO/c1-7(16)11(4-5-11)9-3-2-8(6-10(9)17)12(13,14)15/h2-3,6-7,17H,4-5,16H2,1H3. The van der Waals surface area contributed by atoms with E-state index in [2.05, 4.69) is 0 Å². The molecule has 0 spiro atoms. The van der Waals surface area contributed by atoms with E-state index in [1.165, 1.54) is 6.07 Å². The number of hydrogen-bond donors (Lipinski definition) is 2. The number of aromatic hydroxyl groups is 1. The number of rotatable bonds is 2. The van der Waals surface area contributed by atoms with E-state index in [-0.39, 0.29) is 17.2 Å². The van der Waals surface area contributed by atoms with Crippen molar-refractivity contribution in [1.29, 1.82) is 0 Å². The molecule has 0 saturated heterocycles. The largest absolute Gasteiger partial charge is 0.508 e. The van der Waals surface area contributed by atoms with Crippen molar-refractivity contribution in [2.75, 3.05) is 0 Å². The molecule has 0 radical (unpaired) electrons. The highest BCUT2D eigenvalue weighted by molar-refractivity contribution is 5.46. The van der Waals surface area contributed by atoms with Crippen LogP contribution in [0.2, 0.25) is 0 Å². The smallest absolute Gasteiger partial charge is 0.416 e. The lowest BCUT2D eigenvalue weighted by molar-refractivity contribution is -0.137. The minimum atomic E-state index is -4.43. The van der Waals surface area contributed by atoms with Crippen molar-refractivity contribution in [3.8, 4) is 5.75 Å². The lowest BCUT2D eigenvalue weighted by atomic mass is 9.88. The molecule has 0 amide bonds. The van der Waals surface area contributed by atoms with Crippen molar-refractivity contribution in [2.24, 2.45) is 5.73 Å². The predicted octanol–water partition coefficient (Wildman–Crippen LogP) is 2.79. The highest BCUT2D eigenvalue weighted by Gasteiger charge is 2.49. The molecule has 1 aliphatic carbocycles. The Morgan fingerprint density at radius 1 is 1.35 bits per heavy atom. The zero-order chi connectivity index (χ0) is 12.8. The number of nitrogens with two attached hydrogens (primary N) is 1. The first-order valence-electron chi connectivity index (χ1n) is 5.44. The second-order valence-corrected chi connectivity index (χ2v) is 4.67. The van der Waals surface area contributed by atoms with Crippen LogP contribution in [-0.2, 0) is 11.6 Å². The van der Waals surface area contributed by atoms with Gasteiger partial charge in [-0.1, -0.05) is 6.07 Å². The summed E-state index contributed by atoms with van der Waals surface area (Å²) in [6, 6.07) is 2.94. The molecular weight excluding hydrogens is 231 g/mol. The molecule has 0 aromatic heterocycles. The minimum Gasteiger partial charge on any atom is -0.508 e. The van der Waals surface area contributed by atoms with Gasteiger partial charge in [0.15, 0.2) is 0 Å².